The fourth-order valence-corrected chi connectivity index (χ4v) is 3.84. The van der Waals surface area contributed by atoms with Gasteiger partial charge in [-0.25, -0.2) is 4.79 Å². The smallest absolute Gasteiger partial charge is 0.340 e. The molecule has 1 atom stereocenters. The predicted molar refractivity (Wildman–Crippen MR) is 104 cm³/mol. The first-order chi connectivity index (χ1) is 13.4. The summed E-state index contributed by atoms with van der Waals surface area (Å²) in [5.41, 5.74) is 3.98. The SMILES string of the molecule is CCOC(=O)c1c(C(CC(=O)c2ccc3c(c2)CCCC3)C(=O)O)c[nH]c1C. The molecule has 6 nitrogen and oxygen atoms in total. The number of ketones is 1. The minimum absolute atomic E-state index is 0.189. The second-order valence-electron chi connectivity index (χ2n) is 7.17. The molecule has 0 radical (unpaired) electrons. The van der Waals surface area contributed by atoms with Crippen molar-refractivity contribution in [3.05, 3.63) is 57.9 Å². The zero-order valence-electron chi connectivity index (χ0n) is 16.2. The molecule has 0 bridgehead atoms. The molecule has 3 rings (SSSR count). The van der Waals surface area contributed by atoms with E-state index in [1.165, 1.54) is 17.3 Å². The van der Waals surface area contributed by atoms with Gasteiger partial charge in [-0.1, -0.05) is 12.1 Å². The van der Waals surface area contributed by atoms with Crippen LogP contribution in [0, 0.1) is 6.92 Å². The van der Waals surface area contributed by atoms with Gasteiger partial charge in [-0.15, -0.1) is 0 Å². The number of aryl methyl sites for hydroxylation is 3. The highest BCUT2D eigenvalue weighted by atomic mass is 16.5. The van der Waals surface area contributed by atoms with Crippen molar-refractivity contribution >= 4 is 17.7 Å². The van der Waals surface area contributed by atoms with Crippen LogP contribution in [-0.2, 0) is 22.4 Å². The molecule has 6 heteroatoms. The number of fused-ring (bicyclic) bond motifs is 1. The molecule has 0 aliphatic heterocycles. The van der Waals surface area contributed by atoms with E-state index in [-0.39, 0.29) is 29.9 Å². The second-order valence-corrected chi connectivity index (χ2v) is 7.17. The Morgan fingerprint density at radius 3 is 2.57 bits per heavy atom. The lowest BCUT2D eigenvalue weighted by atomic mass is 9.87. The van der Waals surface area contributed by atoms with E-state index in [1.807, 2.05) is 12.1 Å². The number of H-pyrrole nitrogens is 1. The van der Waals surface area contributed by atoms with Crippen LogP contribution in [0.15, 0.2) is 24.4 Å². The summed E-state index contributed by atoms with van der Waals surface area (Å²) in [6, 6.07) is 5.65. The van der Waals surface area contributed by atoms with E-state index >= 15 is 0 Å². The number of benzene rings is 1. The maximum atomic E-state index is 12.8. The van der Waals surface area contributed by atoms with Crippen LogP contribution in [-0.4, -0.2) is 34.4 Å². The number of carbonyl (C=O) groups is 3. The van der Waals surface area contributed by atoms with Gasteiger partial charge in [0.1, 0.15) is 0 Å². The van der Waals surface area contributed by atoms with Crippen molar-refractivity contribution in [2.24, 2.45) is 0 Å². The molecule has 148 valence electrons. The second kappa shape index (κ2) is 8.42. The van der Waals surface area contributed by atoms with Gasteiger partial charge in [0, 0.05) is 23.9 Å². The van der Waals surface area contributed by atoms with Gasteiger partial charge in [-0.3, -0.25) is 9.59 Å². The Morgan fingerprint density at radius 2 is 1.89 bits per heavy atom. The van der Waals surface area contributed by atoms with Crippen molar-refractivity contribution in [1.82, 2.24) is 4.98 Å². The number of aliphatic carboxylic acids is 1. The summed E-state index contributed by atoms with van der Waals surface area (Å²) in [4.78, 5) is 39.9. The highest BCUT2D eigenvalue weighted by molar-refractivity contribution is 6.01. The Kier molecular flexibility index (Phi) is 5.97. The van der Waals surface area contributed by atoms with Crippen molar-refractivity contribution in [3.63, 3.8) is 0 Å². The van der Waals surface area contributed by atoms with Gasteiger partial charge >= 0.3 is 11.9 Å². The molecular formula is C22H25NO5. The molecule has 0 fully saturated rings. The van der Waals surface area contributed by atoms with Gasteiger partial charge in [-0.2, -0.15) is 0 Å². The van der Waals surface area contributed by atoms with Crippen LogP contribution in [0.2, 0.25) is 0 Å². The van der Waals surface area contributed by atoms with Gasteiger partial charge in [-0.05, 0) is 62.3 Å². The van der Waals surface area contributed by atoms with Crippen molar-refractivity contribution in [1.29, 1.82) is 0 Å². The number of carboxylic acid groups (broad SMARTS) is 1. The Morgan fingerprint density at radius 1 is 1.18 bits per heavy atom. The number of nitrogens with one attached hydrogen (secondary N) is 1. The Balaban J connectivity index is 1.87. The third-order valence-electron chi connectivity index (χ3n) is 5.32. The Labute approximate surface area is 163 Å². The third kappa shape index (κ3) is 4.01. The van der Waals surface area contributed by atoms with Crippen LogP contribution in [0.4, 0.5) is 0 Å². The topological polar surface area (TPSA) is 96.5 Å². The number of Topliss-reactive ketones (excluding diaryl/α,β-unsaturated/α-hetero) is 1. The number of hydrogen-bond donors (Lipinski definition) is 2. The van der Waals surface area contributed by atoms with E-state index in [0.29, 0.717) is 11.3 Å². The average molecular weight is 383 g/mol. The third-order valence-corrected chi connectivity index (χ3v) is 5.32. The minimum Gasteiger partial charge on any atom is -0.481 e. The fourth-order valence-electron chi connectivity index (χ4n) is 3.84. The summed E-state index contributed by atoms with van der Waals surface area (Å²) in [5, 5.41) is 9.74. The molecule has 2 aromatic rings. The number of esters is 1. The van der Waals surface area contributed by atoms with E-state index in [0.717, 1.165) is 25.7 Å². The Hall–Kier alpha value is -2.89. The molecule has 2 N–H and O–H groups in total. The van der Waals surface area contributed by atoms with E-state index in [2.05, 4.69) is 4.98 Å². The molecular weight excluding hydrogens is 358 g/mol. The molecule has 1 aliphatic carbocycles. The first-order valence-corrected chi connectivity index (χ1v) is 9.65. The molecule has 0 spiro atoms. The van der Waals surface area contributed by atoms with Gasteiger partial charge in [0.05, 0.1) is 18.1 Å². The Bertz CT molecular complexity index is 912. The summed E-state index contributed by atoms with van der Waals surface area (Å²) in [6.45, 7) is 3.56. The lowest BCUT2D eigenvalue weighted by Gasteiger charge is -2.17. The summed E-state index contributed by atoms with van der Waals surface area (Å²) in [5.74, 6) is -3.08. The van der Waals surface area contributed by atoms with Gasteiger partial charge in [0.2, 0.25) is 0 Å². The number of hydrogen-bond acceptors (Lipinski definition) is 4. The van der Waals surface area contributed by atoms with Gasteiger partial charge in [0.15, 0.2) is 5.78 Å². The lowest BCUT2D eigenvalue weighted by molar-refractivity contribution is -0.138. The van der Waals surface area contributed by atoms with Crippen LogP contribution in [0.5, 0.6) is 0 Å². The number of aromatic nitrogens is 1. The lowest BCUT2D eigenvalue weighted by Crippen LogP contribution is -2.19. The largest absolute Gasteiger partial charge is 0.481 e. The molecule has 1 aromatic heterocycles. The predicted octanol–water partition coefficient (Wildman–Crippen LogP) is 3.82. The standard InChI is InChI=1S/C22H25NO5/c1-3-28-22(27)20-13(2)23-12-18(20)17(21(25)26)11-19(24)16-9-8-14-6-4-5-7-15(14)10-16/h8-10,12,17,23H,3-7,11H2,1-2H3,(H,25,26). The molecule has 0 amide bonds. The zero-order chi connectivity index (χ0) is 20.3. The first-order valence-electron chi connectivity index (χ1n) is 9.65. The minimum atomic E-state index is -1.14. The molecule has 1 aliphatic rings. The van der Waals surface area contributed by atoms with Crippen molar-refractivity contribution in [3.8, 4) is 0 Å². The van der Waals surface area contributed by atoms with Crippen LogP contribution < -0.4 is 0 Å². The van der Waals surface area contributed by atoms with Crippen molar-refractivity contribution in [2.45, 2.75) is 51.9 Å². The highest BCUT2D eigenvalue weighted by Gasteiger charge is 2.31. The van der Waals surface area contributed by atoms with Crippen molar-refractivity contribution in [2.75, 3.05) is 6.61 Å². The fraction of sp³-hybridized carbons (Fsp3) is 0.409. The summed E-state index contributed by atoms with van der Waals surface area (Å²) in [6.07, 6.45) is 5.51. The van der Waals surface area contributed by atoms with Crippen LogP contribution in [0.1, 0.15) is 75.2 Å². The number of carboxylic acids is 1. The molecule has 1 unspecified atom stereocenters. The number of ether oxygens (including phenoxy) is 1. The number of carbonyl (C=O) groups excluding carboxylic acids is 2. The normalized spacial score (nSPS) is 14.2. The van der Waals surface area contributed by atoms with E-state index in [1.54, 1.807) is 19.9 Å². The average Bonchev–Trinajstić information content (AvgIpc) is 3.06. The highest BCUT2D eigenvalue weighted by Crippen LogP contribution is 2.29. The quantitative estimate of drug-likeness (QED) is 0.560. The van der Waals surface area contributed by atoms with Crippen LogP contribution in [0.3, 0.4) is 0 Å². The molecule has 0 saturated carbocycles. The molecule has 28 heavy (non-hydrogen) atoms. The monoisotopic (exact) mass is 383 g/mol. The summed E-state index contributed by atoms with van der Waals surface area (Å²) < 4.78 is 5.05. The van der Waals surface area contributed by atoms with Gasteiger partial charge < -0.3 is 14.8 Å². The summed E-state index contributed by atoms with van der Waals surface area (Å²) in [7, 11) is 0. The molecule has 0 saturated heterocycles. The van der Waals surface area contributed by atoms with Gasteiger partial charge in [0.25, 0.3) is 0 Å². The molecule has 1 heterocycles. The zero-order valence-corrected chi connectivity index (χ0v) is 16.2. The van der Waals surface area contributed by atoms with E-state index < -0.39 is 17.9 Å². The summed E-state index contributed by atoms with van der Waals surface area (Å²) >= 11 is 0. The van der Waals surface area contributed by atoms with E-state index in [9.17, 15) is 19.5 Å². The van der Waals surface area contributed by atoms with Crippen LogP contribution >= 0.6 is 0 Å². The first kappa shape index (κ1) is 19.9. The number of rotatable bonds is 7. The van der Waals surface area contributed by atoms with Crippen molar-refractivity contribution < 1.29 is 24.2 Å². The van der Waals surface area contributed by atoms with E-state index in [4.69, 9.17) is 4.74 Å². The van der Waals surface area contributed by atoms with Crippen LogP contribution in [0.25, 0.3) is 0 Å². The maximum absolute atomic E-state index is 12.8. The number of aromatic amines is 1. The maximum Gasteiger partial charge on any atom is 0.340 e. The molecule has 1 aromatic carbocycles.